The van der Waals surface area contributed by atoms with E-state index in [2.05, 4.69) is 10.5 Å². The van der Waals surface area contributed by atoms with Gasteiger partial charge < -0.3 is 14.2 Å². The summed E-state index contributed by atoms with van der Waals surface area (Å²) in [5.74, 6) is 0.386. The Labute approximate surface area is 209 Å². The molecule has 0 heterocycles. The number of hydrogen-bond acceptors (Lipinski definition) is 6. The van der Waals surface area contributed by atoms with Gasteiger partial charge in [-0.25, -0.2) is 10.2 Å². The molecule has 4 rings (SSSR count). The lowest BCUT2D eigenvalue weighted by Gasteiger charge is -2.14. The Balaban J connectivity index is 1.37. The second-order valence-corrected chi connectivity index (χ2v) is 8.14. The Morgan fingerprint density at radius 2 is 1.64 bits per heavy atom. The van der Waals surface area contributed by atoms with Crippen LogP contribution in [0.1, 0.15) is 28.4 Å². The first-order chi connectivity index (χ1) is 17.4. The Kier molecular flexibility index (Phi) is 7.60. The van der Waals surface area contributed by atoms with E-state index in [0.29, 0.717) is 22.6 Å². The molecule has 7 heteroatoms. The predicted molar refractivity (Wildman–Crippen MR) is 139 cm³/mol. The van der Waals surface area contributed by atoms with Crippen molar-refractivity contribution in [2.24, 2.45) is 5.10 Å². The van der Waals surface area contributed by atoms with Gasteiger partial charge in [0.2, 0.25) is 0 Å². The minimum atomic E-state index is -0.758. The number of fused-ring (bicyclic) bond motifs is 1. The van der Waals surface area contributed by atoms with Crippen LogP contribution in [-0.2, 0) is 4.79 Å². The summed E-state index contributed by atoms with van der Waals surface area (Å²) < 4.78 is 16.7. The summed E-state index contributed by atoms with van der Waals surface area (Å²) >= 11 is 0. The van der Waals surface area contributed by atoms with Crippen LogP contribution in [0.2, 0.25) is 0 Å². The Morgan fingerprint density at radius 3 is 2.42 bits per heavy atom. The normalized spacial score (nSPS) is 11.8. The fraction of sp³-hybridized carbons (Fsp3) is 0.138. The van der Waals surface area contributed by atoms with E-state index in [0.717, 1.165) is 16.3 Å². The van der Waals surface area contributed by atoms with Crippen LogP contribution in [-0.4, -0.2) is 31.3 Å². The van der Waals surface area contributed by atoms with E-state index in [-0.39, 0.29) is 5.75 Å². The van der Waals surface area contributed by atoms with Crippen molar-refractivity contribution in [3.8, 4) is 17.2 Å². The zero-order valence-corrected chi connectivity index (χ0v) is 20.2. The summed E-state index contributed by atoms with van der Waals surface area (Å²) in [5, 5.41) is 5.98. The lowest BCUT2D eigenvalue weighted by atomic mass is 10.1. The van der Waals surface area contributed by atoms with E-state index in [1.54, 1.807) is 37.3 Å². The molecule has 7 nitrogen and oxygen atoms in total. The van der Waals surface area contributed by atoms with Crippen molar-refractivity contribution in [3.05, 3.63) is 102 Å². The summed E-state index contributed by atoms with van der Waals surface area (Å²) in [6.07, 6.45) is 0.711. The van der Waals surface area contributed by atoms with Crippen LogP contribution in [0.25, 0.3) is 10.8 Å². The van der Waals surface area contributed by atoms with E-state index in [9.17, 15) is 9.59 Å². The fourth-order valence-electron chi connectivity index (χ4n) is 3.50. The summed E-state index contributed by atoms with van der Waals surface area (Å²) in [6, 6.07) is 25.6. The van der Waals surface area contributed by atoms with E-state index < -0.39 is 18.0 Å². The zero-order chi connectivity index (χ0) is 25.5. The van der Waals surface area contributed by atoms with Crippen LogP contribution in [0.15, 0.2) is 90.0 Å². The average Bonchev–Trinajstić information content (AvgIpc) is 2.89. The number of esters is 1. The number of methoxy groups -OCH3 is 1. The minimum Gasteiger partial charge on any atom is -0.493 e. The third-order valence-electron chi connectivity index (χ3n) is 5.49. The highest BCUT2D eigenvalue weighted by molar-refractivity contribution is 5.92. The molecule has 0 saturated heterocycles. The first-order valence-electron chi connectivity index (χ1n) is 11.4. The van der Waals surface area contributed by atoms with E-state index in [1.807, 2.05) is 61.5 Å². The Hall–Kier alpha value is -4.65. The molecule has 1 unspecified atom stereocenters. The van der Waals surface area contributed by atoms with Gasteiger partial charge >= 0.3 is 5.97 Å². The van der Waals surface area contributed by atoms with Gasteiger partial charge in [-0.3, -0.25) is 4.79 Å². The van der Waals surface area contributed by atoms with Crippen LogP contribution < -0.4 is 19.6 Å². The van der Waals surface area contributed by atoms with Crippen molar-refractivity contribution in [2.75, 3.05) is 7.11 Å². The highest BCUT2D eigenvalue weighted by Crippen LogP contribution is 2.29. The number of hydrazone groups is 1. The Morgan fingerprint density at radius 1 is 0.889 bits per heavy atom. The maximum atomic E-state index is 12.5. The quantitative estimate of drug-likeness (QED) is 0.160. The van der Waals surface area contributed by atoms with Crippen molar-refractivity contribution in [2.45, 2.75) is 20.0 Å². The summed E-state index contributed by atoms with van der Waals surface area (Å²) in [7, 11) is 1.48. The molecule has 1 amide bonds. The minimum absolute atomic E-state index is 0.279. The lowest BCUT2D eigenvalue weighted by molar-refractivity contribution is -0.127. The zero-order valence-electron chi connectivity index (χ0n) is 20.2. The number of rotatable bonds is 8. The first-order valence-corrected chi connectivity index (χ1v) is 11.4. The van der Waals surface area contributed by atoms with Crippen molar-refractivity contribution >= 4 is 28.9 Å². The number of ether oxygens (including phenoxy) is 3. The molecule has 0 saturated carbocycles. The molecule has 0 aliphatic rings. The molecule has 36 heavy (non-hydrogen) atoms. The number of nitrogens with zero attached hydrogens (tertiary/aromatic N) is 1. The van der Waals surface area contributed by atoms with Crippen LogP contribution in [0.4, 0.5) is 0 Å². The number of hydrogen-bond donors (Lipinski definition) is 1. The molecule has 0 radical (unpaired) electrons. The van der Waals surface area contributed by atoms with Crippen LogP contribution in [0, 0.1) is 6.92 Å². The lowest BCUT2D eigenvalue weighted by Crippen LogP contribution is -2.33. The average molecular weight is 483 g/mol. The second-order valence-electron chi connectivity index (χ2n) is 8.14. The molecule has 1 N–H and O–H groups in total. The molecule has 0 spiro atoms. The molecule has 0 fully saturated rings. The van der Waals surface area contributed by atoms with Crippen LogP contribution in [0.5, 0.6) is 17.2 Å². The largest absolute Gasteiger partial charge is 0.493 e. The maximum absolute atomic E-state index is 12.5. The number of carbonyl (C=O) groups excluding carboxylic acids is 2. The monoisotopic (exact) mass is 482 g/mol. The topological polar surface area (TPSA) is 86.2 Å². The highest BCUT2D eigenvalue weighted by Gasteiger charge is 2.16. The standard InChI is InChI=1S/C29H26N2O5/c1-19-11-14-23(15-12-19)29(33)36-26-16-13-21(17-27(26)34-3)18-30-31-28(32)20(2)35-25-10-6-8-22-7-4-5-9-24(22)25/h4-18,20H,1-3H3,(H,31,32). The van der Waals surface area contributed by atoms with Gasteiger partial charge in [-0.05, 0) is 61.2 Å². The smallest absolute Gasteiger partial charge is 0.343 e. The van der Waals surface area contributed by atoms with Crippen LogP contribution in [0.3, 0.4) is 0 Å². The third kappa shape index (κ3) is 5.88. The second kappa shape index (κ2) is 11.2. The van der Waals surface area contributed by atoms with Crippen LogP contribution >= 0.6 is 0 Å². The number of aryl methyl sites for hydroxylation is 1. The molecule has 4 aromatic rings. The van der Waals surface area contributed by atoms with Crippen molar-refractivity contribution in [3.63, 3.8) is 0 Å². The third-order valence-corrected chi connectivity index (χ3v) is 5.49. The molecule has 0 aliphatic carbocycles. The first kappa shape index (κ1) is 24.5. The maximum Gasteiger partial charge on any atom is 0.343 e. The van der Waals surface area contributed by atoms with Crippen molar-refractivity contribution < 1.29 is 23.8 Å². The van der Waals surface area contributed by atoms with E-state index >= 15 is 0 Å². The van der Waals surface area contributed by atoms with Gasteiger partial charge in [0.05, 0.1) is 18.9 Å². The van der Waals surface area contributed by atoms with Gasteiger partial charge in [0, 0.05) is 5.39 Å². The van der Waals surface area contributed by atoms with Crippen molar-refractivity contribution in [1.29, 1.82) is 0 Å². The molecule has 0 aromatic heterocycles. The SMILES string of the molecule is COc1cc(C=NNC(=O)C(C)Oc2cccc3ccccc23)ccc1OC(=O)c1ccc(C)cc1. The molecule has 4 aromatic carbocycles. The summed E-state index contributed by atoms with van der Waals surface area (Å²) in [6.45, 7) is 3.60. The number of benzene rings is 4. The van der Waals surface area contributed by atoms with Gasteiger partial charge in [-0.15, -0.1) is 0 Å². The molecule has 0 bridgehead atoms. The predicted octanol–water partition coefficient (Wildman–Crippen LogP) is 5.29. The van der Waals surface area contributed by atoms with E-state index in [1.165, 1.54) is 13.3 Å². The van der Waals surface area contributed by atoms with Gasteiger partial charge in [-0.2, -0.15) is 5.10 Å². The van der Waals surface area contributed by atoms with Crippen molar-refractivity contribution in [1.82, 2.24) is 5.43 Å². The molecular formula is C29H26N2O5. The number of nitrogens with one attached hydrogen (secondary N) is 1. The number of amides is 1. The summed E-state index contributed by atoms with van der Waals surface area (Å²) in [4.78, 5) is 24.9. The number of carbonyl (C=O) groups is 2. The molecule has 0 aliphatic heterocycles. The molecular weight excluding hydrogens is 456 g/mol. The molecule has 1 atom stereocenters. The van der Waals surface area contributed by atoms with Gasteiger partial charge in [0.1, 0.15) is 5.75 Å². The van der Waals surface area contributed by atoms with Gasteiger partial charge in [-0.1, -0.05) is 54.1 Å². The van der Waals surface area contributed by atoms with E-state index in [4.69, 9.17) is 14.2 Å². The van der Waals surface area contributed by atoms with Gasteiger partial charge in [0.25, 0.3) is 5.91 Å². The Bertz CT molecular complexity index is 1410. The summed E-state index contributed by atoms with van der Waals surface area (Å²) in [5.41, 5.74) is 4.62. The fourth-order valence-corrected chi connectivity index (χ4v) is 3.50. The highest BCUT2D eigenvalue weighted by atomic mass is 16.6. The van der Waals surface area contributed by atoms with Gasteiger partial charge in [0.15, 0.2) is 17.6 Å². The molecule has 182 valence electrons.